The summed E-state index contributed by atoms with van der Waals surface area (Å²) in [6.07, 6.45) is -1.58. The Bertz CT molecular complexity index is 914. The Hall–Kier alpha value is -1.91. The fraction of sp³-hybridized carbons (Fsp3) is 0.640. The van der Waals surface area contributed by atoms with Crippen LogP contribution in [0, 0.1) is 5.41 Å². The first-order chi connectivity index (χ1) is 16.2. The van der Waals surface area contributed by atoms with E-state index in [-0.39, 0.29) is 0 Å². The number of alkyl carbamates (subject to hydrolysis) is 1. The van der Waals surface area contributed by atoms with Crippen LogP contribution in [-0.2, 0) is 20.0 Å². The molecule has 3 atom stereocenters. The second-order valence-electron chi connectivity index (χ2n) is 10.3. The number of rotatable bonds is 10. The molecule has 8 nitrogen and oxygen atoms in total. The third kappa shape index (κ3) is 8.05. The van der Waals surface area contributed by atoms with Crippen LogP contribution in [-0.4, -0.2) is 71.2 Å². The zero-order valence-electron chi connectivity index (χ0n) is 21.8. The first-order valence-corrected chi connectivity index (χ1v) is 13.6. The number of ether oxygens (including phenoxy) is 3. The zero-order valence-corrected chi connectivity index (χ0v) is 23.5. The fourth-order valence-electron chi connectivity index (χ4n) is 3.48. The van der Waals surface area contributed by atoms with E-state index in [2.05, 4.69) is 10.3 Å². The summed E-state index contributed by atoms with van der Waals surface area (Å²) in [5.41, 5.74) is -1.39. The Morgan fingerprint density at radius 1 is 1.20 bits per heavy atom. The Kier molecular flexibility index (Phi) is 9.96. The van der Waals surface area contributed by atoms with Gasteiger partial charge in [-0.2, -0.15) is 11.8 Å². The molecule has 0 aromatic heterocycles. The van der Waals surface area contributed by atoms with Crippen LogP contribution < -0.4 is 10.1 Å². The number of thioether (sulfide) groups is 2. The highest BCUT2D eigenvalue weighted by Gasteiger charge is 2.47. The van der Waals surface area contributed by atoms with E-state index in [1.165, 1.54) is 18.9 Å². The lowest BCUT2D eigenvalue weighted by molar-refractivity contribution is -0.145. The topological polar surface area (TPSA) is 106 Å². The number of hydrogen-bond acceptors (Lipinski definition) is 9. The molecule has 1 heterocycles. The van der Waals surface area contributed by atoms with Gasteiger partial charge in [0.15, 0.2) is 5.54 Å². The van der Waals surface area contributed by atoms with Crippen molar-refractivity contribution in [2.45, 2.75) is 70.6 Å². The van der Waals surface area contributed by atoms with Gasteiger partial charge in [0.25, 0.3) is 0 Å². The van der Waals surface area contributed by atoms with Gasteiger partial charge in [-0.15, -0.1) is 11.8 Å². The van der Waals surface area contributed by atoms with Gasteiger partial charge >= 0.3 is 12.1 Å². The summed E-state index contributed by atoms with van der Waals surface area (Å²) in [5.74, 6) is 1.95. The number of hydrogen-bond donors (Lipinski definition) is 2. The number of amides is 1. The maximum Gasteiger partial charge on any atom is 0.407 e. The largest absolute Gasteiger partial charge is 0.497 e. The summed E-state index contributed by atoms with van der Waals surface area (Å²) >= 11 is 3.02. The molecule has 0 saturated carbocycles. The van der Waals surface area contributed by atoms with Gasteiger partial charge in [-0.25, -0.2) is 9.59 Å². The number of aliphatic hydroxyl groups excluding tert-OH is 1. The van der Waals surface area contributed by atoms with Crippen LogP contribution in [0.3, 0.4) is 0 Å². The summed E-state index contributed by atoms with van der Waals surface area (Å²) in [6.45, 7) is 10.8. The molecule has 1 amide bonds. The molecule has 2 N–H and O–H groups in total. The average Bonchev–Trinajstić information content (AvgIpc) is 3.20. The van der Waals surface area contributed by atoms with Crippen molar-refractivity contribution >= 4 is 40.6 Å². The maximum absolute atomic E-state index is 12.6. The number of nitrogens with one attached hydrogen (secondary N) is 1. The molecule has 1 aliphatic rings. The molecule has 2 rings (SSSR count). The van der Waals surface area contributed by atoms with Gasteiger partial charge in [0.1, 0.15) is 11.4 Å². The quantitative estimate of drug-likeness (QED) is 0.435. The van der Waals surface area contributed by atoms with Crippen molar-refractivity contribution in [3.05, 3.63) is 29.8 Å². The molecule has 1 aliphatic heterocycles. The molecule has 196 valence electrons. The lowest BCUT2D eigenvalue weighted by Gasteiger charge is -2.36. The molecule has 0 spiro atoms. The van der Waals surface area contributed by atoms with Crippen molar-refractivity contribution in [3.63, 3.8) is 0 Å². The van der Waals surface area contributed by atoms with E-state index in [1.807, 2.05) is 38.1 Å². The number of aliphatic imine (C=N–C) groups is 1. The van der Waals surface area contributed by atoms with Crippen LogP contribution in [0.5, 0.6) is 5.75 Å². The Morgan fingerprint density at radius 3 is 2.37 bits per heavy atom. The first kappa shape index (κ1) is 29.3. The van der Waals surface area contributed by atoms with Crippen molar-refractivity contribution in [3.8, 4) is 5.75 Å². The smallest absolute Gasteiger partial charge is 0.407 e. The van der Waals surface area contributed by atoms with Crippen LogP contribution in [0.4, 0.5) is 4.79 Å². The highest BCUT2D eigenvalue weighted by molar-refractivity contribution is 8.14. The van der Waals surface area contributed by atoms with Gasteiger partial charge in [0.05, 0.1) is 31.4 Å². The van der Waals surface area contributed by atoms with E-state index in [9.17, 15) is 14.7 Å². The minimum Gasteiger partial charge on any atom is -0.497 e. The van der Waals surface area contributed by atoms with Crippen LogP contribution >= 0.6 is 23.5 Å². The Labute approximate surface area is 217 Å². The molecule has 10 heteroatoms. The van der Waals surface area contributed by atoms with Crippen LogP contribution in [0.1, 0.15) is 47.1 Å². The van der Waals surface area contributed by atoms with Crippen molar-refractivity contribution < 1.29 is 28.9 Å². The normalized spacial score (nSPS) is 20.0. The molecule has 1 aromatic carbocycles. The van der Waals surface area contributed by atoms with Crippen molar-refractivity contribution in [2.75, 3.05) is 25.7 Å². The van der Waals surface area contributed by atoms with Crippen molar-refractivity contribution in [1.29, 1.82) is 0 Å². The Balaban J connectivity index is 2.18. The second-order valence-corrected chi connectivity index (χ2v) is 12.2. The monoisotopic (exact) mass is 526 g/mol. The number of methoxy groups -OCH3 is 2. The van der Waals surface area contributed by atoms with Gasteiger partial charge in [-0.3, -0.25) is 4.99 Å². The SMILES string of the molecule is COC(=O)[C@@]1(C)CSC(C(C)(C)[C@H](O)[C@H](CSCc2ccc(OC)cc2)NC(=O)OC(C)(C)C)=N1. The van der Waals surface area contributed by atoms with Gasteiger partial charge in [0, 0.05) is 22.7 Å². The van der Waals surface area contributed by atoms with Crippen molar-refractivity contribution in [1.82, 2.24) is 5.32 Å². The third-order valence-corrected chi connectivity index (χ3v) is 8.29. The molecule has 0 fully saturated rings. The molecule has 0 unspecified atom stereocenters. The van der Waals surface area contributed by atoms with E-state index in [1.54, 1.807) is 46.6 Å². The lowest BCUT2D eigenvalue weighted by Crippen LogP contribution is -2.53. The number of nitrogens with zero attached hydrogens (tertiary/aromatic N) is 1. The van der Waals surface area contributed by atoms with Crippen molar-refractivity contribution in [2.24, 2.45) is 10.4 Å². The average molecular weight is 527 g/mol. The fourth-order valence-corrected chi connectivity index (χ4v) is 5.90. The van der Waals surface area contributed by atoms with Gasteiger partial charge < -0.3 is 24.6 Å². The highest BCUT2D eigenvalue weighted by atomic mass is 32.2. The molecular formula is C25H38N2O6S2. The standard InChI is InChI=1S/C25H38N2O6S2/c1-23(2,3)33-22(30)26-18(14-34-13-16-9-11-17(31-7)12-10-16)19(28)24(4,5)20-27-25(6,15-35-20)21(29)32-8/h9-12,18-19,28H,13-15H2,1-8H3,(H,26,30)/t18-,19+,25+/m0/s1. The minimum absolute atomic E-state index is 0.413. The maximum atomic E-state index is 12.6. The van der Waals surface area contributed by atoms with E-state index in [4.69, 9.17) is 14.2 Å². The van der Waals surface area contributed by atoms with Crippen LogP contribution in [0.25, 0.3) is 0 Å². The van der Waals surface area contributed by atoms with E-state index in [0.717, 1.165) is 11.3 Å². The van der Waals surface area contributed by atoms with Crippen LogP contribution in [0.2, 0.25) is 0 Å². The summed E-state index contributed by atoms with van der Waals surface area (Å²) in [4.78, 5) is 29.4. The summed E-state index contributed by atoms with van der Waals surface area (Å²) < 4.78 is 15.6. The van der Waals surface area contributed by atoms with Gasteiger partial charge in [-0.05, 0) is 45.4 Å². The molecule has 1 aromatic rings. The first-order valence-electron chi connectivity index (χ1n) is 11.4. The van der Waals surface area contributed by atoms with E-state index < -0.39 is 40.8 Å². The summed E-state index contributed by atoms with van der Waals surface area (Å²) in [7, 11) is 2.97. The van der Waals surface area contributed by atoms with E-state index in [0.29, 0.717) is 22.3 Å². The van der Waals surface area contributed by atoms with E-state index >= 15 is 0 Å². The second kappa shape index (κ2) is 11.9. The van der Waals surface area contributed by atoms with Crippen LogP contribution in [0.15, 0.2) is 29.3 Å². The number of carbonyl (C=O) groups is 2. The molecular weight excluding hydrogens is 488 g/mol. The molecule has 0 bridgehead atoms. The number of carbonyl (C=O) groups excluding carboxylic acids is 2. The molecule has 0 radical (unpaired) electrons. The summed E-state index contributed by atoms with van der Waals surface area (Å²) in [6, 6.07) is 7.16. The molecule has 0 aliphatic carbocycles. The highest BCUT2D eigenvalue weighted by Crippen LogP contribution is 2.40. The molecule has 0 saturated heterocycles. The van der Waals surface area contributed by atoms with Gasteiger partial charge in [-0.1, -0.05) is 26.0 Å². The zero-order chi connectivity index (χ0) is 26.4. The minimum atomic E-state index is -0.997. The number of benzene rings is 1. The number of esters is 1. The summed E-state index contributed by atoms with van der Waals surface area (Å²) in [5, 5.41) is 15.0. The predicted molar refractivity (Wildman–Crippen MR) is 142 cm³/mol. The lowest BCUT2D eigenvalue weighted by atomic mass is 9.83. The third-order valence-electron chi connectivity index (χ3n) is 5.56. The van der Waals surface area contributed by atoms with Gasteiger partial charge in [0.2, 0.25) is 0 Å². The molecule has 35 heavy (non-hydrogen) atoms. The predicted octanol–water partition coefficient (Wildman–Crippen LogP) is 4.29. The Morgan fingerprint density at radius 2 is 1.83 bits per heavy atom. The number of aliphatic hydroxyl groups is 1.